The van der Waals surface area contributed by atoms with Gasteiger partial charge in [0.2, 0.25) is 0 Å². The Morgan fingerprint density at radius 2 is 2.31 bits per heavy atom. The van der Waals surface area contributed by atoms with Gasteiger partial charge in [0.05, 0.1) is 12.6 Å². The molecular weight excluding hydrogens is 233 g/mol. The van der Waals surface area contributed by atoms with E-state index in [1.807, 2.05) is 0 Å². The summed E-state index contributed by atoms with van der Waals surface area (Å²) in [6.45, 7) is 0.145. The van der Waals surface area contributed by atoms with Crippen molar-refractivity contribution in [2.24, 2.45) is 5.73 Å². The Labute approximate surface area is 98.3 Å². The first-order chi connectivity index (χ1) is 7.54. The fraction of sp³-hybridized carbons (Fsp3) is 0.364. The van der Waals surface area contributed by atoms with Crippen molar-refractivity contribution in [3.05, 3.63) is 34.6 Å². The van der Waals surface area contributed by atoms with Crippen molar-refractivity contribution in [1.82, 2.24) is 0 Å². The van der Waals surface area contributed by atoms with E-state index in [0.717, 1.165) is 0 Å². The number of carbonyl (C=O) groups excluding carboxylic acids is 1. The van der Waals surface area contributed by atoms with Crippen LogP contribution in [0.2, 0.25) is 5.02 Å². The topological polar surface area (TPSA) is 52.3 Å². The van der Waals surface area contributed by atoms with Crippen LogP contribution in [0.1, 0.15) is 5.56 Å². The third kappa shape index (κ3) is 3.56. The predicted octanol–water partition coefficient (Wildman–Crippen LogP) is 1.56. The van der Waals surface area contributed by atoms with Crippen LogP contribution in [0.5, 0.6) is 0 Å². The number of carbonyl (C=O) groups is 1. The highest BCUT2D eigenvalue weighted by Gasteiger charge is 2.15. The Hall–Kier alpha value is -0.970. The molecular formula is C11H13ClFNO2. The highest BCUT2D eigenvalue weighted by Crippen LogP contribution is 2.18. The molecule has 0 aliphatic heterocycles. The number of hydrogen-bond donors (Lipinski definition) is 1. The van der Waals surface area contributed by atoms with Crippen LogP contribution in [0.15, 0.2) is 18.2 Å². The summed E-state index contributed by atoms with van der Waals surface area (Å²) in [5.74, 6) is -0.651. The number of ether oxygens (including phenoxy) is 1. The van der Waals surface area contributed by atoms with E-state index in [9.17, 15) is 9.18 Å². The van der Waals surface area contributed by atoms with Crippen LogP contribution in [0, 0.1) is 5.82 Å². The summed E-state index contributed by atoms with van der Waals surface area (Å²) < 4.78 is 17.7. The molecule has 0 heterocycles. The van der Waals surface area contributed by atoms with Crippen LogP contribution < -0.4 is 5.73 Å². The molecule has 1 unspecified atom stereocenters. The van der Waals surface area contributed by atoms with Gasteiger partial charge in [0.25, 0.3) is 0 Å². The van der Waals surface area contributed by atoms with E-state index in [-0.39, 0.29) is 18.8 Å². The summed E-state index contributed by atoms with van der Waals surface area (Å²) in [6, 6.07) is 3.19. The van der Waals surface area contributed by atoms with E-state index >= 15 is 0 Å². The third-order valence-electron chi connectivity index (χ3n) is 2.13. The number of nitrogens with two attached hydrogens (primary N) is 1. The maximum absolute atomic E-state index is 12.9. The molecule has 16 heavy (non-hydrogen) atoms. The number of halogens is 2. The second kappa shape index (κ2) is 5.94. The Morgan fingerprint density at radius 3 is 2.94 bits per heavy atom. The average Bonchev–Trinajstić information content (AvgIpc) is 2.23. The average molecular weight is 246 g/mol. The van der Waals surface area contributed by atoms with E-state index in [2.05, 4.69) is 0 Å². The monoisotopic (exact) mass is 245 g/mol. The molecule has 5 heteroatoms. The summed E-state index contributed by atoms with van der Waals surface area (Å²) in [4.78, 5) is 11.6. The minimum atomic E-state index is -0.704. The molecule has 0 aliphatic rings. The largest absolute Gasteiger partial charge is 0.383 e. The normalized spacial score (nSPS) is 12.5. The summed E-state index contributed by atoms with van der Waals surface area (Å²) in [7, 11) is 1.46. The van der Waals surface area contributed by atoms with Crippen molar-refractivity contribution in [2.75, 3.05) is 13.7 Å². The first-order valence-corrected chi connectivity index (χ1v) is 5.13. The minimum Gasteiger partial charge on any atom is -0.383 e. The number of methoxy groups -OCH3 is 1. The second-order valence-corrected chi connectivity index (χ2v) is 3.85. The summed E-state index contributed by atoms with van der Waals surface area (Å²) >= 11 is 5.83. The molecule has 0 bridgehead atoms. The number of hydrogen-bond acceptors (Lipinski definition) is 3. The molecule has 88 valence electrons. The van der Waals surface area contributed by atoms with Crippen LogP contribution >= 0.6 is 11.6 Å². The molecule has 0 fully saturated rings. The molecule has 0 saturated carbocycles. The van der Waals surface area contributed by atoms with Crippen molar-refractivity contribution >= 4 is 17.4 Å². The molecule has 0 spiro atoms. The Balaban J connectivity index is 2.72. The van der Waals surface area contributed by atoms with Crippen LogP contribution in [-0.2, 0) is 16.0 Å². The third-order valence-corrected chi connectivity index (χ3v) is 2.50. The van der Waals surface area contributed by atoms with Gasteiger partial charge in [-0.2, -0.15) is 0 Å². The molecule has 0 aromatic heterocycles. The SMILES string of the molecule is COCC(N)C(=O)Cc1cc(F)ccc1Cl. The van der Waals surface area contributed by atoms with E-state index in [0.29, 0.717) is 10.6 Å². The first-order valence-electron chi connectivity index (χ1n) is 4.75. The van der Waals surface area contributed by atoms with Crippen LogP contribution in [0.4, 0.5) is 4.39 Å². The number of rotatable bonds is 5. The Morgan fingerprint density at radius 1 is 1.62 bits per heavy atom. The fourth-order valence-electron chi connectivity index (χ4n) is 1.27. The van der Waals surface area contributed by atoms with Gasteiger partial charge in [0.15, 0.2) is 5.78 Å². The maximum atomic E-state index is 12.9. The fourth-order valence-corrected chi connectivity index (χ4v) is 1.45. The zero-order valence-corrected chi connectivity index (χ0v) is 9.63. The second-order valence-electron chi connectivity index (χ2n) is 3.44. The highest BCUT2D eigenvalue weighted by atomic mass is 35.5. The van der Waals surface area contributed by atoms with Gasteiger partial charge < -0.3 is 10.5 Å². The lowest BCUT2D eigenvalue weighted by molar-refractivity contribution is -0.120. The number of benzene rings is 1. The van der Waals surface area contributed by atoms with Crippen molar-refractivity contribution in [3.8, 4) is 0 Å². The van der Waals surface area contributed by atoms with Gasteiger partial charge in [0, 0.05) is 18.6 Å². The highest BCUT2D eigenvalue weighted by molar-refractivity contribution is 6.31. The molecule has 1 rings (SSSR count). The van der Waals surface area contributed by atoms with E-state index < -0.39 is 11.9 Å². The molecule has 1 aromatic carbocycles. The Bertz CT molecular complexity index is 384. The van der Waals surface area contributed by atoms with E-state index in [4.69, 9.17) is 22.1 Å². The lowest BCUT2D eigenvalue weighted by Gasteiger charge is -2.10. The molecule has 0 amide bonds. The quantitative estimate of drug-likeness (QED) is 0.857. The molecule has 0 radical (unpaired) electrons. The number of Topliss-reactive ketones (excluding diaryl/α,β-unsaturated/α-hetero) is 1. The predicted molar refractivity (Wildman–Crippen MR) is 60.0 cm³/mol. The minimum absolute atomic E-state index is 0.0150. The van der Waals surface area contributed by atoms with Gasteiger partial charge in [-0.3, -0.25) is 4.79 Å². The van der Waals surface area contributed by atoms with Gasteiger partial charge in [-0.05, 0) is 23.8 Å². The van der Waals surface area contributed by atoms with Gasteiger partial charge in [-0.15, -0.1) is 0 Å². The van der Waals surface area contributed by atoms with E-state index in [1.165, 1.54) is 25.3 Å². The van der Waals surface area contributed by atoms with Gasteiger partial charge in [-0.25, -0.2) is 4.39 Å². The van der Waals surface area contributed by atoms with E-state index in [1.54, 1.807) is 0 Å². The standard InChI is InChI=1S/C11H13ClFNO2/c1-16-6-10(14)11(15)5-7-4-8(13)2-3-9(7)12/h2-4,10H,5-6,14H2,1H3. The van der Waals surface area contributed by atoms with Crippen molar-refractivity contribution in [1.29, 1.82) is 0 Å². The molecule has 1 atom stereocenters. The molecule has 1 aromatic rings. The van der Waals surface area contributed by atoms with Gasteiger partial charge in [0.1, 0.15) is 5.82 Å². The summed E-state index contributed by atoms with van der Waals surface area (Å²) in [5.41, 5.74) is 6.00. The lowest BCUT2D eigenvalue weighted by atomic mass is 10.0. The Kier molecular flexibility index (Phi) is 4.86. The molecule has 0 saturated heterocycles. The van der Waals surface area contributed by atoms with Crippen LogP contribution in [0.25, 0.3) is 0 Å². The smallest absolute Gasteiger partial charge is 0.156 e. The first kappa shape index (κ1) is 13.1. The van der Waals surface area contributed by atoms with Crippen LogP contribution in [0.3, 0.4) is 0 Å². The summed E-state index contributed by atoms with van der Waals surface area (Å²) in [5, 5.41) is 0.361. The lowest BCUT2D eigenvalue weighted by Crippen LogP contribution is -2.36. The zero-order chi connectivity index (χ0) is 12.1. The molecule has 2 N–H and O–H groups in total. The molecule has 3 nitrogen and oxygen atoms in total. The van der Waals surface area contributed by atoms with Crippen molar-refractivity contribution in [2.45, 2.75) is 12.5 Å². The van der Waals surface area contributed by atoms with Crippen LogP contribution in [-0.4, -0.2) is 25.5 Å². The van der Waals surface area contributed by atoms with Gasteiger partial charge >= 0.3 is 0 Å². The summed E-state index contributed by atoms with van der Waals surface area (Å²) in [6.07, 6.45) is 0.0150. The maximum Gasteiger partial charge on any atom is 0.156 e. The van der Waals surface area contributed by atoms with Gasteiger partial charge in [-0.1, -0.05) is 11.6 Å². The molecule has 0 aliphatic carbocycles. The van der Waals surface area contributed by atoms with Crippen molar-refractivity contribution < 1.29 is 13.9 Å². The number of ketones is 1. The van der Waals surface area contributed by atoms with Crippen molar-refractivity contribution in [3.63, 3.8) is 0 Å². The zero-order valence-electron chi connectivity index (χ0n) is 8.87.